The number of aromatic nitrogens is 2. The molecule has 0 atom stereocenters. The van der Waals surface area contributed by atoms with Gasteiger partial charge in [0.2, 0.25) is 0 Å². The number of imidazole rings is 1. The van der Waals surface area contributed by atoms with Gasteiger partial charge in [0.15, 0.2) is 11.9 Å². The van der Waals surface area contributed by atoms with Crippen LogP contribution in [0.4, 0.5) is 5.69 Å². The minimum absolute atomic E-state index is 0.360. The number of hydrazone groups is 1. The van der Waals surface area contributed by atoms with Gasteiger partial charge >= 0.3 is 0 Å². The summed E-state index contributed by atoms with van der Waals surface area (Å²) in [5, 5.41) is 7.22. The molecule has 3 heterocycles. The van der Waals surface area contributed by atoms with Gasteiger partial charge < -0.3 is 11.2 Å². The Morgan fingerprint density at radius 1 is 1.48 bits per heavy atom. The SMILES string of the molecule is Cc1ccc(-c2cnc3c(N/C(=N\N)C4CCC4)cc(C=O)cn23)s1. The summed E-state index contributed by atoms with van der Waals surface area (Å²) < 4.78 is 1.95. The van der Waals surface area contributed by atoms with Crippen molar-refractivity contribution in [1.82, 2.24) is 9.38 Å². The molecule has 0 aliphatic heterocycles. The highest BCUT2D eigenvalue weighted by Gasteiger charge is 2.24. The van der Waals surface area contributed by atoms with E-state index in [1.165, 1.54) is 11.3 Å². The Balaban J connectivity index is 1.81. The number of carbonyl (C=O) groups is 1. The lowest BCUT2D eigenvalue weighted by molar-refractivity contribution is 0.112. The Morgan fingerprint density at radius 3 is 2.92 bits per heavy atom. The number of thiophene rings is 1. The Morgan fingerprint density at radius 2 is 2.32 bits per heavy atom. The lowest BCUT2D eigenvalue weighted by Gasteiger charge is -2.27. The maximum absolute atomic E-state index is 11.4. The number of rotatable bonds is 4. The maximum Gasteiger partial charge on any atom is 0.161 e. The molecule has 128 valence electrons. The highest BCUT2D eigenvalue weighted by atomic mass is 32.1. The average Bonchev–Trinajstić information content (AvgIpc) is 3.18. The van der Waals surface area contributed by atoms with E-state index in [0.717, 1.165) is 46.9 Å². The number of aryl methyl sites for hydroxylation is 1. The summed E-state index contributed by atoms with van der Waals surface area (Å²) in [5.41, 5.74) is 3.05. The molecule has 3 aromatic heterocycles. The molecular formula is C18H19N5OS. The van der Waals surface area contributed by atoms with E-state index in [4.69, 9.17) is 5.84 Å². The molecule has 0 aromatic carbocycles. The van der Waals surface area contributed by atoms with Crippen molar-refractivity contribution < 1.29 is 4.79 Å². The first-order valence-corrected chi connectivity index (χ1v) is 9.09. The predicted molar refractivity (Wildman–Crippen MR) is 101 cm³/mol. The van der Waals surface area contributed by atoms with Crippen molar-refractivity contribution in [3.05, 3.63) is 41.0 Å². The maximum atomic E-state index is 11.4. The standard InChI is InChI=1S/C18H19N5OS/c1-11-5-6-16(25-11)15-8-20-18-14(7-12(10-24)9-23(15)18)21-17(22-19)13-3-2-4-13/h5-10,13H,2-4,19H2,1H3,(H,21,22). The van der Waals surface area contributed by atoms with Crippen molar-refractivity contribution >= 4 is 34.8 Å². The van der Waals surface area contributed by atoms with Gasteiger partial charge in [0.25, 0.3) is 0 Å². The molecule has 0 unspecified atom stereocenters. The summed E-state index contributed by atoms with van der Waals surface area (Å²) in [6, 6.07) is 5.95. The number of carbonyl (C=O) groups excluding carboxylic acids is 1. The molecule has 6 nitrogen and oxygen atoms in total. The number of hydrogen-bond acceptors (Lipinski definition) is 5. The molecule has 1 fully saturated rings. The first kappa shape index (κ1) is 15.8. The van der Waals surface area contributed by atoms with E-state index < -0.39 is 0 Å². The van der Waals surface area contributed by atoms with E-state index in [9.17, 15) is 4.79 Å². The topological polar surface area (TPSA) is 84.8 Å². The molecule has 25 heavy (non-hydrogen) atoms. The Labute approximate surface area is 149 Å². The zero-order chi connectivity index (χ0) is 17.4. The van der Waals surface area contributed by atoms with Crippen molar-refractivity contribution in [2.24, 2.45) is 16.9 Å². The Hall–Kier alpha value is -2.67. The van der Waals surface area contributed by atoms with E-state index in [2.05, 4.69) is 34.5 Å². The van der Waals surface area contributed by atoms with Crippen LogP contribution in [0, 0.1) is 12.8 Å². The first-order valence-electron chi connectivity index (χ1n) is 8.27. The molecule has 0 spiro atoms. The van der Waals surface area contributed by atoms with E-state index >= 15 is 0 Å². The zero-order valence-electron chi connectivity index (χ0n) is 13.9. The van der Waals surface area contributed by atoms with E-state index in [-0.39, 0.29) is 0 Å². The van der Waals surface area contributed by atoms with Crippen LogP contribution in [0.1, 0.15) is 34.5 Å². The van der Waals surface area contributed by atoms with Gasteiger partial charge in [-0.05, 0) is 38.0 Å². The van der Waals surface area contributed by atoms with E-state index in [1.54, 1.807) is 17.4 Å². The largest absolute Gasteiger partial charge is 0.339 e. The third-order valence-corrected chi connectivity index (χ3v) is 5.67. The third kappa shape index (κ3) is 2.80. The monoisotopic (exact) mass is 353 g/mol. The lowest BCUT2D eigenvalue weighted by atomic mass is 9.84. The van der Waals surface area contributed by atoms with E-state index in [1.807, 2.05) is 16.8 Å². The van der Waals surface area contributed by atoms with Gasteiger partial charge in [-0.1, -0.05) is 6.42 Å². The van der Waals surface area contributed by atoms with Crippen molar-refractivity contribution in [2.45, 2.75) is 26.2 Å². The second-order valence-corrected chi connectivity index (χ2v) is 7.61. The summed E-state index contributed by atoms with van der Waals surface area (Å²) in [7, 11) is 0. The second-order valence-electron chi connectivity index (χ2n) is 6.32. The quantitative estimate of drug-likeness (QED) is 0.246. The molecule has 4 rings (SSSR count). The van der Waals surface area contributed by atoms with Gasteiger partial charge in [-0.3, -0.25) is 9.20 Å². The van der Waals surface area contributed by atoms with Crippen molar-refractivity contribution in [1.29, 1.82) is 0 Å². The molecule has 1 aliphatic rings. The second kappa shape index (κ2) is 6.33. The zero-order valence-corrected chi connectivity index (χ0v) is 14.7. The fraction of sp³-hybridized carbons (Fsp3) is 0.278. The summed E-state index contributed by atoms with van der Waals surface area (Å²) in [6.07, 6.45) is 7.86. The number of anilines is 1. The molecular weight excluding hydrogens is 334 g/mol. The molecule has 7 heteroatoms. The van der Waals surface area contributed by atoms with Crippen LogP contribution in [0.5, 0.6) is 0 Å². The minimum atomic E-state index is 0.360. The summed E-state index contributed by atoms with van der Waals surface area (Å²) in [5.74, 6) is 6.69. The van der Waals surface area contributed by atoms with Gasteiger partial charge in [-0.2, -0.15) is 5.10 Å². The number of nitrogens with two attached hydrogens (primary N) is 1. The van der Waals surface area contributed by atoms with Crippen molar-refractivity contribution in [3.8, 4) is 10.6 Å². The Bertz CT molecular complexity index is 967. The van der Waals surface area contributed by atoms with Crippen LogP contribution in [0.15, 0.2) is 35.7 Å². The van der Waals surface area contributed by atoms with Crippen LogP contribution in [0.25, 0.3) is 16.2 Å². The van der Waals surface area contributed by atoms with Gasteiger partial charge in [-0.15, -0.1) is 11.3 Å². The lowest BCUT2D eigenvalue weighted by Crippen LogP contribution is -2.29. The number of nitrogens with one attached hydrogen (secondary N) is 1. The highest BCUT2D eigenvalue weighted by molar-refractivity contribution is 7.15. The van der Waals surface area contributed by atoms with Crippen LogP contribution in [0.2, 0.25) is 0 Å². The third-order valence-electron chi connectivity index (χ3n) is 4.65. The van der Waals surface area contributed by atoms with Crippen LogP contribution < -0.4 is 11.2 Å². The van der Waals surface area contributed by atoms with Gasteiger partial charge in [0.05, 0.1) is 22.5 Å². The fourth-order valence-electron chi connectivity index (χ4n) is 3.08. The molecule has 3 N–H and O–H groups in total. The number of pyridine rings is 1. The molecule has 0 amide bonds. The Kier molecular flexibility index (Phi) is 4.01. The van der Waals surface area contributed by atoms with Gasteiger partial charge in [0.1, 0.15) is 5.84 Å². The van der Waals surface area contributed by atoms with Gasteiger partial charge in [-0.25, -0.2) is 4.98 Å². The summed E-state index contributed by atoms with van der Waals surface area (Å²) in [6.45, 7) is 2.07. The number of amidine groups is 1. The summed E-state index contributed by atoms with van der Waals surface area (Å²) in [4.78, 5) is 18.3. The van der Waals surface area contributed by atoms with Crippen molar-refractivity contribution in [3.63, 3.8) is 0 Å². The molecule has 3 aromatic rings. The van der Waals surface area contributed by atoms with Crippen LogP contribution in [-0.2, 0) is 0 Å². The molecule has 1 saturated carbocycles. The number of nitrogens with zero attached hydrogens (tertiary/aromatic N) is 3. The molecule has 0 radical (unpaired) electrons. The first-order chi connectivity index (χ1) is 12.2. The number of hydrogen-bond donors (Lipinski definition) is 2. The molecule has 0 bridgehead atoms. The fourth-order valence-corrected chi connectivity index (χ4v) is 3.95. The van der Waals surface area contributed by atoms with Crippen LogP contribution in [0.3, 0.4) is 0 Å². The smallest absolute Gasteiger partial charge is 0.161 e. The average molecular weight is 353 g/mol. The molecule has 1 aliphatic carbocycles. The molecule has 0 saturated heterocycles. The number of aldehydes is 1. The van der Waals surface area contributed by atoms with Crippen LogP contribution >= 0.6 is 11.3 Å². The normalized spacial score (nSPS) is 15.3. The minimum Gasteiger partial charge on any atom is -0.339 e. The highest BCUT2D eigenvalue weighted by Crippen LogP contribution is 2.32. The van der Waals surface area contributed by atoms with E-state index in [0.29, 0.717) is 11.5 Å². The van der Waals surface area contributed by atoms with Gasteiger partial charge in [0, 0.05) is 22.6 Å². The van der Waals surface area contributed by atoms with Crippen LogP contribution in [-0.4, -0.2) is 21.5 Å². The summed E-state index contributed by atoms with van der Waals surface area (Å²) >= 11 is 1.70. The predicted octanol–water partition coefficient (Wildman–Crippen LogP) is 3.67. The number of fused-ring (bicyclic) bond motifs is 1. The van der Waals surface area contributed by atoms with Crippen molar-refractivity contribution in [2.75, 3.05) is 5.32 Å².